The molecular formula is C103H123Br6ClN6O19. The Morgan fingerprint density at radius 2 is 0.933 bits per heavy atom. The molecule has 13 rings (SSSR count). The summed E-state index contributed by atoms with van der Waals surface area (Å²) in [6.07, 6.45) is 1.90. The number of esters is 1. The Bertz CT molecular complexity index is 5460. The molecule has 4 fully saturated rings. The molecule has 25 nitrogen and oxygen atoms in total. The third kappa shape index (κ3) is 37.6. The van der Waals surface area contributed by atoms with Crippen molar-refractivity contribution < 1.29 is 92.3 Å². The Labute approximate surface area is 847 Å². The SMILES string of the molecule is CC(C)(C)C(=O)Cl.COc1ccc([C@@H](CN2C(=O)OC[C@@H]2Cc2ccccc2)C(C)(C)O)cc1Br.COc1ccc([C@@H](CN=[N+]=[N-])C(C)(C)O)cc1Br.COc1ccc([C@@H](CO)C(C)(C)O)cc1Br.Cc1ccc(CC(=O)N2C(=O)OC[C@@H]2Cc2ccccc2)cc1Br.Cc1ccc(CC(=O)O)cc1Br.Cc1ccc([C@H]2CNC(=O)OC2(C)C)cc1Br.O=C1C[C@@H](Cc2ccccc2)CO1. The van der Waals surface area contributed by atoms with Crippen LogP contribution in [0.3, 0.4) is 0 Å². The number of aryl methyl sites for hydroxylation is 3. The van der Waals surface area contributed by atoms with Gasteiger partial charge < -0.3 is 68.9 Å². The van der Waals surface area contributed by atoms with Crippen LogP contribution in [0.1, 0.15) is 173 Å². The topological polar surface area (TPSA) is 353 Å². The number of rotatable bonds is 25. The van der Waals surface area contributed by atoms with Gasteiger partial charge in [0.2, 0.25) is 11.1 Å². The van der Waals surface area contributed by atoms with Crippen molar-refractivity contribution in [3.8, 4) is 17.2 Å². The van der Waals surface area contributed by atoms with E-state index in [0.29, 0.717) is 45.1 Å². The lowest BCUT2D eigenvalue weighted by Gasteiger charge is -2.38. The lowest BCUT2D eigenvalue weighted by Crippen LogP contribution is -2.49. The van der Waals surface area contributed by atoms with Crippen LogP contribution in [0.5, 0.6) is 17.2 Å². The molecule has 4 amide bonds. The van der Waals surface area contributed by atoms with Crippen LogP contribution >= 0.6 is 107 Å². The largest absolute Gasteiger partial charge is 0.496 e. The Morgan fingerprint density at radius 3 is 1.32 bits per heavy atom. The molecule has 9 aromatic rings. The van der Waals surface area contributed by atoms with Gasteiger partial charge in [0, 0.05) is 73.0 Å². The number of aliphatic carboxylic acids is 1. The van der Waals surface area contributed by atoms with E-state index in [1.165, 1.54) is 21.6 Å². The van der Waals surface area contributed by atoms with Crippen molar-refractivity contribution in [2.24, 2.45) is 16.4 Å². The Kier molecular flexibility index (Phi) is 46.0. The van der Waals surface area contributed by atoms with Crippen LogP contribution in [-0.4, -0.2) is 179 Å². The number of nitrogens with one attached hydrogen (secondary N) is 1. The Balaban J connectivity index is 0.000000243. The average Bonchev–Trinajstić information content (AvgIpc) is 1.11. The van der Waals surface area contributed by atoms with Gasteiger partial charge in [-0.05, 0) is 282 Å². The zero-order valence-corrected chi connectivity index (χ0v) is 89.4. The van der Waals surface area contributed by atoms with Gasteiger partial charge in [0.15, 0.2) is 0 Å². The van der Waals surface area contributed by atoms with Gasteiger partial charge in [-0.25, -0.2) is 19.3 Å². The number of carboxylic acids is 1. The van der Waals surface area contributed by atoms with Crippen molar-refractivity contribution in [3.05, 3.63) is 304 Å². The van der Waals surface area contributed by atoms with Crippen LogP contribution in [-0.2, 0) is 70.2 Å². The molecule has 728 valence electrons. The van der Waals surface area contributed by atoms with E-state index in [1.54, 1.807) is 88.5 Å². The highest BCUT2D eigenvalue weighted by Crippen LogP contribution is 2.40. The molecule has 9 aromatic carbocycles. The third-order valence-electron chi connectivity index (χ3n) is 22.4. The third-order valence-corrected chi connectivity index (χ3v) is 27.4. The maximum Gasteiger partial charge on any atom is 0.416 e. The summed E-state index contributed by atoms with van der Waals surface area (Å²) < 4.78 is 41.7. The molecule has 4 heterocycles. The zero-order chi connectivity index (χ0) is 100. The minimum atomic E-state index is -1.02. The van der Waals surface area contributed by atoms with Crippen LogP contribution in [0.25, 0.3) is 10.4 Å². The number of nitrogens with zero attached hydrogens (tertiary/aromatic N) is 5. The summed E-state index contributed by atoms with van der Waals surface area (Å²) in [5.74, 6) is 0.783. The number of hydrogen-bond acceptors (Lipinski definition) is 19. The van der Waals surface area contributed by atoms with Crippen LogP contribution in [0, 0.1) is 32.1 Å². The fraction of sp³-hybridized carbons (Fsp3) is 0.408. The van der Waals surface area contributed by atoms with Gasteiger partial charge in [-0.3, -0.25) is 19.2 Å². The van der Waals surface area contributed by atoms with Crippen molar-refractivity contribution in [2.75, 3.05) is 67.4 Å². The van der Waals surface area contributed by atoms with Crippen molar-refractivity contribution in [1.82, 2.24) is 15.1 Å². The number of carboxylic acid groups (broad SMARTS) is 1. The monoisotopic (exact) mass is 2260 g/mol. The Hall–Kier alpha value is -9.21. The molecule has 4 saturated heterocycles. The number of methoxy groups -OCH3 is 3. The smallest absolute Gasteiger partial charge is 0.416 e. The average molecular weight is 2260 g/mol. The number of azide groups is 1. The molecule has 0 aromatic heterocycles. The van der Waals surface area contributed by atoms with E-state index in [2.05, 4.69) is 160 Å². The molecule has 0 aliphatic carbocycles. The van der Waals surface area contributed by atoms with Gasteiger partial charge >= 0.3 is 30.2 Å². The predicted octanol–water partition coefficient (Wildman–Crippen LogP) is 23.5. The summed E-state index contributed by atoms with van der Waals surface area (Å²) in [5.41, 5.74) is 17.1. The van der Waals surface area contributed by atoms with Gasteiger partial charge in [0.25, 0.3) is 0 Å². The highest BCUT2D eigenvalue weighted by atomic mass is 79.9. The molecule has 4 aliphatic rings. The second kappa shape index (κ2) is 54.2. The summed E-state index contributed by atoms with van der Waals surface area (Å²) >= 11 is 25.8. The van der Waals surface area contributed by atoms with E-state index in [4.69, 9.17) is 55.4 Å². The predicted molar refractivity (Wildman–Crippen MR) is 547 cm³/mol. The second-order valence-electron chi connectivity index (χ2n) is 36.0. The van der Waals surface area contributed by atoms with Crippen LogP contribution in [0.2, 0.25) is 0 Å². The fourth-order valence-corrected chi connectivity index (χ4v) is 17.4. The first-order chi connectivity index (χ1) is 63.4. The van der Waals surface area contributed by atoms with E-state index in [0.717, 1.165) is 107 Å². The van der Waals surface area contributed by atoms with Crippen molar-refractivity contribution in [1.29, 1.82) is 0 Å². The molecule has 0 spiro atoms. The van der Waals surface area contributed by atoms with Gasteiger partial charge in [-0.1, -0.05) is 219 Å². The van der Waals surface area contributed by atoms with E-state index < -0.39 is 34.5 Å². The van der Waals surface area contributed by atoms with Crippen molar-refractivity contribution in [2.45, 2.75) is 194 Å². The number of halogens is 7. The highest BCUT2D eigenvalue weighted by molar-refractivity contribution is 9.11. The number of carbonyl (C=O) groups excluding carboxylic acids is 6. The number of hydrogen-bond donors (Lipinski definition) is 6. The van der Waals surface area contributed by atoms with Crippen molar-refractivity contribution >= 4 is 149 Å². The quantitative estimate of drug-likeness (QED) is 0.00773. The molecular weight excluding hydrogens is 2140 g/mol. The van der Waals surface area contributed by atoms with Crippen LogP contribution < -0.4 is 19.5 Å². The molecule has 0 bridgehead atoms. The number of benzene rings is 9. The molecule has 0 unspecified atom stereocenters. The minimum absolute atomic E-state index is 0.0542. The van der Waals surface area contributed by atoms with Crippen LogP contribution in [0.4, 0.5) is 14.4 Å². The van der Waals surface area contributed by atoms with Crippen molar-refractivity contribution in [3.63, 3.8) is 0 Å². The molecule has 32 heteroatoms. The first-order valence-corrected chi connectivity index (χ1v) is 48.7. The minimum Gasteiger partial charge on any atom is -0.496 e. The molecule has 4 aliphatic heterocycles. The number of amides is 4. The number of alkyl carbamates (subject to hydrolysis) is 1. The summed E-state index contributed by atoms with van der Waals surface area (Å²) in [6.45, 7) is 27.8. The number of ether oxygens (including phenoxy) is 7. The lowest BCUT2D eigenvalue weighted by molar-refractivity contribution is -0.138. The lowest BCUT2D eigenvalue weighted by atomic mass is 9.83. The molecule has 7 atom stereocenters. The molecule has 135 heavy (non-hydrogen) atoms. The molecule has 0 saturated carbocycles. The van der Waals surface area contributed by atoms with E-state index >= 15 is 0 Å². The number of aliphatic hydroxyl groups excluding tert-OH is 1. The van der Waals surface area contributed by atoms with E-state index in [1.807, 2.05) is 185 Å². The molecule has 0 radical (unpaired) electrons. The van der Waals surface area contributed by atoms with Gasteiger partial charge in [0.05, 0.1) is 96.1 Å². The first-order valence-electron chi connectivity index (χ1n) is 43.5. The highest BCUT2D eigenvalue weighted by Gasteiger charge is 2.42. The Morgan fingerprint density at radius 1 is 0.526 bits per heavy atom. The summed E-state index contributed by atoms with van der Waals surface area (Å²) in [5, 5.41) is 54.8. The maximum atomic E-state index is 12.6. The van der Waals surface area contributed by atoms with E-state index in [9.17, 15) is 54.0 Å². The van der Waals surface area contributed by atoms with Gasteiger partial charge in [-0.15, -0.1) is 0 Å². The molecule has 6 N–H and O–H groups in total. The summed E-state index contributed by atoms with van der Waals surface area (Å²) in [7, 11) is 4.80. The fourth-order valence-electron chi connectivity index (χ4n) is 14.5. The van der Waals surface area contributed by atoms with E-state index in [-0.39, 0.29) is 103 Å². The number of aliphatic hydroxyl groups is 4. The number of carbonyl (C=O) groups is 7. The normalized spacial score (nSPS) is 16.5. The standard InChI is InChI=1S/C22H26BrNO4.C19H18BrNO3.C13H16BrNO2.C12H16BrN3O2.C12H17BrO3.C11H12O2.C9H9BrO2.C5H9ClO/c1-22(2,26)18(16-9-10-20(27-3)19(23)12-16)13-24-17(14-28-21(24)25)11-15-7-5-4-6-8-15;1-13-7-8-15(10-17(13)20)11-18(22)21-16(12-24-19(21)23)9-14-5-3-2-4-6-14;1-8-4-5-9(6-11(8)14)10-7-15-12(16)17-13(10,2)3;1-12(2,17)9(7-15-16-14)8-4-5-11(18-3)10(13)6-8;1-12(2,15)9(7-14)8-4-5-11(16-3)10(13)6-8;12-11-7-10(8-13-11)6-9-4-2-1-3-5-9;1-6-2-3-7(4-8(6)10)5-9(11)12;1-5(2,3)4(6)7/h4-10,12,17-18,26H,11,13-14H2,1-3H3;2-8,10,16H,9,11-12H2,1H3;4-6,10H,7H2,1-3H3,(H,15,16);4-6,9,17H,7H2,1-3H3;4-6,9,14-15H,7H2,1-3H3;1-5,10H,6-8H2;2-4H,5H2,1H3,(H,11,12);1-3H3/t17-,18+;16-;10-;2*9-;10-;;/m001111../s1. The van der Waals surface area contributed by atoms with Gasteiger partial charge in [0.1, 0.15) is 36.1 Å². The summed E-state index contributed by atoms with van der Waals surface area (Å²) in [4.78, 5) is 85.5. The van der Waals surface area contributed by atoms with Gasteiger partial charge in [-0.2, -0.15) is 0 Å². The first kappa shape index (κ1) is 115. The summed E-state index contributed by atoms with van der Waals surface area (Å²) in [6, 6.07) is 64.2. The van der Waals surface area contributed by atoms with Crippen LogP contribution in [0.15, 0.2) is 232 Å². The zero-order valence-electron chi connectivity index (χ0n) is 79.1. The number of imide groups is 1. The second-order valence-corrected chi connectivity index (χ2v) is 41.4. The maximum absolute atomic E-state index is 12.6. The number of cyclic esters (lactones) is 4.